The molecule has 0 saturated carbocycles. The molecule has 0 aliphatic heterocycles. The highest BCUT2D eigenvalue weighted by atomic mass is 19.1. The van der Waals surface area contributed by atoms with Crippen LogP contribution >= 0.6 is 0 Å². The van der Waals surface area contributed by atoms with Gasteiger partial charge < -0.3 is 16.0 Å². The fraction of sp³-hybridized carbons (Fsp3) is 0.0476. The highest BCUT2D eigenvalue weighted by Gasteiger charge is 2.18. The smallest absolute Gasteiger partial charge is 0.249 e. The molecule has 1 heterocycles. The third-order valence-electron chi connectivity index (χ3n) is 4.64. The maximum atomic E-state index is 13.9. The Morgan fingerprint density at radius 1 is 0.889 bits per heavy atom. The van der Waals surface area contributed by atoms with Crippen molar-refractivity contribution in [3.63, 3.8) is 0 Å². The highest BCUT2D eigenvalue weighted by molar-refractivity contribution is 6.17. The first-order valence-electron chi connectivity index (χ1n) is 8.27. The molecule has 0 aliphatic rings. The van der Waals surface area contributed by atoms with Crippen LogP contribution < -0.4 is 11.5 Å². The van der Waals surface area contributed by atoms with Gasteiger partial charge in [0.05, 0.1) is 11.0 Å². The molecule has 6 heteroatoms. The molecule has 1 radical (unpaired) electrons. The fourth-order valence-corrected chi connectivity index (χ4v) is 3.48. The molecule has 5 nitrogen and oxygen atoms in total. The second kappa shape index (κ2) is 6.25. The molecule has 3 aromatic carbocycles. The van der Waals surface area contributed by atoms with Crippen LogP contribution in [0, 0.1) is 11.9 Å². The first-order valence-corrected chi connectivity index (χ1v) is 8.27. The summed E-state index contributed by atoms with van der Waals surface area (Å²) in [6, 6.07) is 17.8. The summed E-state index contributed by atoms with van der Waals surface area (Å²) in [6.45, 7) is 0.320. The number of benzene rings is 3. The summed E-state index contributed by atoms with van der Waals surface area (Å²) in [5.41, 5.74) is 13.8. The van der Waals surface area contributed by atoms with E-state index in [1.165, 1.54) is 6.07 Å². The minimum atomic E-state index is -0.602. The van der Waals surface area contributed by atoms with Crippen LogP contribution in [0.2, 0.25) is 0 Å². The molecule has 0 unspecified atom stereocenters. The lowest BCUT2D eigenvalue weighted by Gasteiger charge is -2.11. The molecule has 4 N–H and O–H groups in total. The Morgan fingerprint density at radius 3 is 2.33 bits per heavy atom. The van der Waals surface area contributed by atoms with Crippen LogP contribution in [0.5, 0.6) is 0 Å². The van der Waals surface area contributed by atoms with Crippen molar-refractivity contribution in [2.45, 2.75) is 6.54 Å². The van der Waals surface area contributed by atoms with E-state index in [1.807, 2.05) is 22.8 Å². The third kappa shape index (κ3) is 2.71. The molecule has 4 rings (SSSR count). The minimum Gasteiger partial charge on any atom is -0.366 e. The van der Waals surface area contributed by atoms with Crippen LogP contribution in [0.4, 0.5) is 4.39 Å². The largest absolute Gasteiger partial charge is 0.366 e. The summed E-state index contributed by atoms with van der Waals surface area (Å²) in [6.07, 6.45) is 0. The molecular weight excluding hydrogens is 345 g/mol. The van der Waals surface area contributed by atoms with Crippen molar-refractivity contribution in [2.75, 3.05) is 0 Å². The van der Waals surface area contributed by atoms with Gasteiger partial charge in [-0.2, -0.15) is 0 Å². The van der Waals surface area contributed by atoms with E-state index < -0.39 is 17.6 Å². The molecule has 0 fully saturated rings. The Kier molecular flexibility index (Phi) is 3.88. The van der Waals surface area contributed by atoms with E-state index in [0.29, 0.717) is 39.5 Å². The molecule has 0 spiro atoms. The molecule has 0 atom stereocenters. The lowest BCUT2D eigenvalue weighted by Crippen LogP contribution is -2.15. The van der Waals surface area contributed by atoms with Crippen LogP contribution in [0.3, 0.4) is 0 Å². The maximum absolute atomic E-state index is 13.9. The highest BCUT2D eigenvalue weighted by Crippen LogP contribution is 2.32. The van der Waals surface area contributed by atoms with Gasteiger partial charge in [-0.15, -0.1) is 0 Å². The van der Waals surface area contributed by atoms with Gasteiger partial charge in [-0.1, -0.05) is 24.3 Å². The molecule has 0 bridgehead atoms. The zero-order valence-electron chi connectivity index (χ0n) is 14.2. The number of hydrogen-bond acceptors (Lipinski definition) is 2. The number of carbonyl (C=O) groups excluding carboxylic acids is 2. The number of halogens is 1. The van der Waals surface area contributed by atoms with E-state index in [9.17, 15) is 14.0 Å². The van der Waals surface area contributed by atoms with Gasteiger partial charge in [-0.3, -0.25) is 9.59 Å². The van der Waals surface area contributed by atoms with Crippen LogP contribution in [0.25, 0.3) is 21.8 Å². The van der Waals surface area contributed by atoms with Crippen molar-refractivity contribution in [1.82, 2.24) is 4.57 Å². The quantitative estimate of drug-likeness (QED) is 0.586. The van der Waals surface area contributed by atoms with Crippen LogP contribution in [-0.4, -0.2) is 16.4 Å². The number of fused-ring (bicyclic) bond motifs is 3. The van der Waals surface area contributed by atoms with Crippen molar-refractivity contribution in [3.05, 3.63) is 83.2 Å². The normalized spacial score (nSPS) is 11.1. The molecule has 4 aromatic rings. The average Bonchev–Trinajstić information content (AvgIpc) is 2.95. The van der Waals surface area contributed by atoms with Crippen molar-refractivity contribution < 1.29 is 14.0 Å². The lowest BCUT2D eigenvalue weighted by atomic mass is 10.1. The molecule has 1 aromatic heterocycles. The number of aromatic nitrogens is 1. The number of primary amides is 2. The summed E-state index contributed by atoms with van der Waals surface area (Å²) in [5.74, 6) is -1.66. The Bertz CT molecular complexity index is 1230. The SMILES string of the molecule is NC(=O)c1ccccc1Cn1c2ccc(F)[c]c2c2c(C(N)=O)cccc21. The summed E-state index contributed by atoms with van der Waals surface area (Å²) in [5, 5.41) is 1.01. The van der Waals surface area contributed by atoms with Crippen LogP contribution in [0.1, 0.15) is 26.3 Å². The van der Waals surface area contributed by atoms with Crippen molar-refractivity contribution in [2.24, 2.45) is 11.5 Å². The van der Waals surface area contributed by atoms with E-state index in [4.69, 9.17) is 11.5 Å². The topological polar surface area (TPSA) is 91.1 Å². The monoisotopic (exact) mass is 360 g/mol. The van der Waals surface area contributed by atoms with Gasteiger partial charge in [-0.05, 0) is 35.9 Å². The van der Waals surface area contributed by atoms with Gasteiger partial charge in [0.25, 0.3) is 0 Å². The van der Waals surface area contributed by atoms with Gasteiger partial charge in [0.2, 0.25) is 11.8 Å². The Labute approximate surface area is 154 Å². The maximum Gasteiger partial charge on any atom is 0.249 e. The molecule has 133 valence electrons. The first kappa shape index (κ1) is 16.8. The van der Waals surface area contributed by atoms with Gasteiger partial charge in [0.1, 0.15) is 5.82 Å². The summed E-state index contributed by atoms with van der Waals surface area (Å²) in [7, 11) is 0. The average molecular weight is 360 g/mol. The van der Waals surface area contributed by atoms with E-state index >= 15 is 0 Å². The molecule has 27 heavy (non-hydrogen) atoms. The number of amides is 2. The zero-order valence-corrected chi connectivity index (χ0v) is 14.2. The zero-order chi connectivity index (χ0) is 19.1. The van der Waals surface area contributed by atoms with E-state index in [0.717, 1.165) is 5.56 Å². The van der Waals surface area contributed by atoms with Gasteiger partial charge >= 0.3 is 0 Å². The fourth-order valence-electron chi connectivity index (χ4n) is 3.48. The number of hydrogen-bond donors (Lipinski definition) is 2. The predicted octanol–water partition coefficient (Wildman–Crippen LogP) is 2.98. The summed E-state index contributed by atoms with van der Waals surface area (Å²) >= 11 is 0. The van der Waals surface area contributed by atoms with E-state index in [2.05, 4.69) is 6.07 Å². The standard InChI is InChI=1S/C21H15FN3O2/c22-13-8-9-17-16(10-13)19-15(21(24)27)6-3-7-18(19)25(17)11-12-4-1-2-5-14(12)20(23)26/h1-9H,11H2,(H2,23,26)(H2,24,27). The summed E-state index contributed by atoms with van der Waals surface area (Å²) < 4.78 is 15.8. The number of nitrogens with zero attached hydrogens (tertiary/aromatic N) is 1. The first-order chi connectivity index (χ1) is 13.0. The van der Waals surface area contributed by atoms with E-state index in [-0.39, 0.29) is 0 Å². The van der Waals surface area contributed by atoms with Gasteiger partial charge in [0, 0.05) is 34.5 Å². The van der Waals surface area contributed by atoms with Crippen LogP contribution in [-0.2, 0) is 6.54 Å². The van der Waals surface area contributed by atoms with Crippen LogP contribution in [0.15, 0.2) is 54.6 Å². The predicted molar refractivity (Wildman–Crippen MR) is 101 cm³/mol. The second-order valence-corrected chi connectivity index (χ2v) is 6.24. The van der Waals surface area contributed by atoms with Crippen molar-refractivity contribution in [3.8, 4) is 0 Å². The second-order valence-electron chi connectivity index (χ2n) is 6.24. The number of carbonyl (C=O) groups is 2. The molecule has 0 aliphatic carbocycles. The Morgan fingerprint density at radius 2 is 1.59 bits per heavy atom. The van der Waals surface area contributed by atoms with Gasteiger partial charge in [-0.25, -0.2) is 4.39 Å². The minimum absolute atomic E-state index is 0.293. The van der Waals surface area contributed by atoms with Crippen molar-refractivity contribution in [1.29, 1.82) is 0 Å². The van der Waals surface area contributed by atoms with Crippen molar-refractivity contribution >= 4 is 33.6 Å². The third-order valence-corrected chi connectivity index (χ3v) is 4.64. The summed E-state index contributed by atoms with van der Waals surface area (Å²) in [4.78, 5) is 23.7. The molecule has 0 saturated heterocycles. The van der Waals surface area contributed by atoms with E-state index in [1.54, 1.807) is 30.3 Å². The Balaban J connectivity index is 2.05. The van der Waals surface area contributed by atoms with Gasteiger partial charge in [0.15, 0.2) is 0 Å². The molecule has 2 amide bonds. The molecular formula is C21H15FN3O2. The number of nitrogens with two attached hydrogens (primary N) is 2. The number of rotatable bonds is 4. The lowest BCUT2D eigenvalue weighted by molar-refractivity contribution is 0.0992. The Hall–Kier alpha value is -3.67.